The molecule has 2 amide bonds. The van der Waals surface area contributed by atoms with Gasteiger partial charge in [0.2, 0.25) is 11.8 Å². The largest absolute Gasteiger partial charge is 0.354 e. The van der Waals surface area contributed by atoms with Crippen molar-refractivity contribution in [2.45, 2.75) is 43.9 Å². The molecule has 0 unspecified atom stereocenters. The Kier molecular flexibility index (Phi) is 4.46. The SMILES string of the molecule is O=C(CN1CCCCCC1=O)NCC1(c2ccccc2)CC1. The number of hydrogen-bond donors (Lipinski definition) is 1. The van der Waals surface area contributed by atoms with Crippen LogP contribution in [0.4, 0.5) is 0 Å². The molecule has 0 spiro atoms. The van der Waals surface area contributed by atoms with Crippen molar-refractivity contribution in [1.29, 1.82) is 0 Å². The summed E-state index contributed by atoms with van der Waals surface area (Å²) >= 11 is 0. The van der Waals surface area contributed by atoms with Crippen molar-refractivity contribution in [3.05, 3.63) is 35.9 Å². The molecule has 0 radical (unpaired) electrons. The predicted molar refractivity (Wildman–Crippen MR) is 85.4 cm³/mol. The molecule has 1 N–H and O–H groups in total. The van der Waals surface area contributed by atoms with Gasteiger partial charge in [-0.2, -0.15) is 0 Å². The number of rotatable bonds is 5. The van der Waals surface area contributed by atoms with Crippen LogP contribution in [0.2, 0.25) is 0 Å². The smallest absolute Gasteiger partial charge is 0.239 e. The van der Waals surface area contributed by atoms with Crippen LogP contribution in [-0.2, 0) is 15.0 Å². The topological polar surface area (TPSA) is 49.4 Å². The minimum Gasteiger partial charge on any atom is -0.354 e. The van der Waals surface area contributed by atoms with Gasteiger partial charge < -0.3 is 10.2 Å². The number of carbonyl (C=O) groups is 2. The zero-order chi connectivity index (χ0) is 15.4. The standard InChI is InChI=1S/C18H24N2O2/c21-16(13-20-12-6-2-5-9-17(20)22)19-14-18(10-11-18)15-7-3-1-4-8-15/h1,3-4,7-8H,2,5-6,9-14H2,(H,19,21). The van der Waals surface area contributed by atoms with Crippen molar-refractivity contribution < 1.29 is 9.59 Å². The Bertz CT molecular complexity index is 537. The lowest BCUT2D eigenvalue weighted by Gasteiger charge is -2.21. The molecule has 0 aromatic heterocycles. The van der Waals surface area contributed by atoms with Crippen molar-refractivity contribution in [2.75, 3.05) is 19.6 Å². The molecule has 0 atom stereocenters. The molecule has 4 heteroatoms. The normalized spacial score (nSPS) is 20.4. The van der Waals surface area contributed by atoms with E-state index in [4.69, 9.17) is 0 Å². The van der Waals surface area contributed by atoms with Crippen LogP contribution in [0, 0.1) is 0 Å². The molecule has 1 aliphatic carbocycles. The van der Waals surface area contributed by atoms with Crippen LogP contribution < -0.4 is 5.32 Å². The van der Waals surface area contributed by atoms with Crippen LogP contribution in [-0.4, -0.2) is 36.3 Å². The highest BCUT2D eigenvalue weighted by atomic mass is 16.2. The number of nitrogens with one attached hydrogen (secondary N) is 1. The van der Waals surface area contributed by atoms with E-state index in [0.717, 1.165) is 38.6 Å². The van der Waals surface area contributed by atoms with Crippen molar-refractivity contribution in [1.82, 2.24) is 10.2 Å². The van der Waals surface area contributed by atoms with E-state index in [1.165, 1.54) is 5.56 Å². The van der Waals surface area contributed by atoms with Gasteiger partial charge in [0, 0.05) is 24.9 Å². The molecule has 118 valence electrons. The van der Waals surface area contributed by atoms with E-state index >= 15 is 0 Å². The van der Waals surface area contributed by atoms with Gasteiger partial charge in [0.25, 0.3) is 0 Å². The fourth-order valence-electron chi connectivity index (χ4n) is 3.21. The van der Waals surface area contributed by atoms with Gasteiger partial charge in [-0.1, -0.05) is 36.8 Å². The Hall–Kier alpha value is -1.84. The molecule has 1 saturated heterocycles. The summed E-state index contributed by atoms with van der Waals surface area (Å²) in [5.74, 6) is 0.0919. The summed E-state index contributed by atoms with van der Waals surface area (Å²) in [6.45, 7) is 1.61. The van der Waals surface area contributed by atoms with Crippen molar-refractivity contribution in [2.24, 2.45) is 0 Å². The molecule has 1 aromatic carbocycles. The Balaban J connectivity index is 1.51. The summed E-state index contributed by atoms with van der Waals surface area (Å²) in [6, 6.07) is 10.4. The lowest BCUT2D eigenvalue weighted by Crippen LogP contribution is -2.42. The molecule has 0 bridgehead atoms. The first-order valence-electron chi connectivity index (χ1n) is 8.30. The second kappa shape index (κ2) is 6.51. The average Bonchev–Trinajstić information content (AvgIpc) is 3.34. The summed E-state index contributed by atoms with van der Waals surface area (Å²) in [6.07, 6.45) is 5.88. The maximum Gasteiger partial charge on any atom is 0.239 e. The van der Waals surface area contributed by atoms with E-state index in [2.05, 4.69) is 17.4 Å². The van der Waals surface area contributed by atoms with Crippen LogP contribution in [0.1, 0.15) is 44.1 Å². The van der Waals surface area contributed by atoms with Crippen LogP contribution in [0.15, 0.2) is 30.3 Å². The van der Waals surface area contributed by atoms with Gasteiger partial charge in [0.15, 0.2) is 0 Å². The van der Waals surface area contributed by atoms with Gasteiger partial charge in [0.1, 0.15) is 0 Å². The van der Waals surface area contributed by atoms with E-state index in [-0.39, 0.29) is 23.8 Å². The highest BCUT2D eigenvalue weighted by molar-refractivity contribution is 5.85. The quantitative estimate of drug-likeness (QED) is 0.906. The molecule has 4 nitrogen and oxygen atoms in total. The van der Waals surface area contributed by atoms with Crippen LogP contribution in [0.3, 0.4) is 0 Å². The molecule has 1 aliphatic heterocycles. The summed E-state index contributed by atoms with van der Waals surface area (Å²) < 4.78 is 0. The monoisotopic (exact) mass is 300 g/mol. The van der Waals surface area contributed by atoms with E-state index in [0.29, 0.717) is 13.0 Å². The third-order valence-corrected chi connectivity index (χ3v) is 4.87. The number of nitrogens with zero attached hydrogens (tertiary/aromatic N) is 1. The third-order valence-electron chi connectivity index (χ3n) is 4.87. The second-order valence-electron chi connectivity index (χ2n) is 6.55. The Morgan fingerprint density at radius 1 is 1.14 bits per heavy atom. The Morgan fingerprint density at radius 2 is 1.91 bits per heavy atom. The first-order valence-corrected chi connectivity index (χ1v) is 8.30. The maximum atomic E-state index is 12.2. The molecule has 1 heterocycles. The molecule has 2 aliphatic rings. The van der Waals surface area contributed by atoms with Crippen LogP contribution in [0.25, 0.3) is 0 Å². The first-order chi connectivity index (χ1) is 10.7. The van der Waals surface area contributed by atoms with E-state index in [1.54, 1.807) is 4.90 Å². The van der Waals surface area contributed by atoms with E-state index in [1.807, 2.05) is 18.2 Å². The number of benzene rings is 1. The lowest BCUT2D eigenvalue weighted by molar-refractivity contribution is -0.135. The summed E-state index contributed by atoms with van der Waals surface area (Å²) in [7, 11) is 0. The minimum absolute atomic E-state index is 0.0301. The van der Waals surface area contributed by atoms with Gasteiger partial charge in [0.05, 0.1) is 6.54 Å². The van der Waals surface area contributed by atoms with Crippen molar-refractivity contribution in [3.8, 4) is 0 Å². The zero-order valence-electron chi connectivity index (χ0n) is 13.0. The molecular weight excluding hydrogens is 276 g/mol. The number of carbonyl (C=O) groups excluding carboxylic acids is 2. The zero-order valence-corrected chi connectivity index (χ0v) is 13.0. The fourth-order valence-corrected chi connectivity index (χ4v) is 3.21. The predicted octanol–water partition coefficient (Wildman–Crippen LogP) is 2.24. The lowest BCUT2D eigenvalue weighted by atomic mass is 9.96. The second-order valence-corrected chi connectivity index (χ2v) is 6.55. The highest BCUT2D eigenvalue weighted by Gasteiger charge is 2.44. The van der Waals surface area contributed by atoms with Gasteiger partial charge in [-0.05, 0) is 31.2 Å². The average molecular weight is 300 g/mol. The van der Waals surface area contributed by atoms with Gasteiger partial charge in [-0.3, -0.25) is 9.59 Å². The van der Waals surface area contributed by atoms with Gasteiger partial charge >= 0.3 is 0 Å². The molecule has 22 heavy (non-hydrogen) atoms. The molecule has 1 aromatic rings. The first kappa shape index (κ1) is 15.1. The van der Waals surface area contributed by atoms with E-state index in [9.17, 15) is 9.59 Å². The number of hydrogen-bond acceptors (Lipinski definition) is 2. The van der Waals surface area contributed by atoms with Crippen molar-refractivity contribution >= 4 is 11.8 Å². The Morgan fingerprint density at radius 3 is 2.64 bits per heavy atom. The fraction of sp³-hybridized carbons (Fsp3) is 0.556. The van der Waals surface area contributed by atoms with Gasteiger partial charge in [-0.15, -0.1) is 0 Å². The summed E-state index contributed by atoms with van der Waals surface area (Å²) in [4.78, 5) is 25.8. The van der Waals surface area contributed by atoms with Crippen molar-refractivity contribution in [3.63, 3.8) is 0 Å². The highest BCUT2D eigenvalue weighted by Crippen LogP contribution is 2.47. The maximum absolute atomic E-state index is 12.2. The van der Waals surface area contributed by atoms with Crippen LogP contribution in [0.5, 0.6) is 0 Å². The van der Waals surface area contributed by atoms with E-state index < -0.39 is 0 Å². The minimum atomic E-state index is -0.0301. The summed E-state index contributed by atoms with van der Waals surface area (Å²) in [5, 5.41) is 3.04. The molecular formula is C18H24N2O2. The van der Waals surface area contributed by atoms with Gasteiger partial charge in [-0.25, -0.2) is 0 Å². The number of likely N-dealkylation sites (tertiary alicyclic amines) is 1. The van der Waals surface area contributed by atoms with Crippen LogP contribution >= 0.6 is 0 Å². The number of amides is 2. The molecule has 3 rings (SSSR count). The molecule has 1 saturated carbocycles. The molecule has 2 fully saturated rings. The summed E-state index contributed by atoms with van der Waals surface area (Å²) in [5.41, 5.74) is 1.43. The third kappa shape index (κ3) is 3.49. The Labute approximate surface area is 131 Å².